The summed E-state index contributed by atoms with van der Waals surface area (Å²) < 4.78 is 9.91. The van der Waals surface area contributed by atoms with Gasteiger partial charge in [0.05, 0.1) is 6.61 Å². The van der Waals surface area contributed by atoms with Gasteiger partial charge in [0.1, 0.15) is 16.6 Å². The van der Waals surface area contributed by atoms with Gasteiger partial charge in [-0.25, -0.2) is 0 Å². The van der Waals surface area contributed by atoms with Crippen LogP contribution in [-0.2, 0) is 0 Å². The van der Waals surface area contributed by atoms with E-state index in [2.05, 4.69) is 9.69 Å². The van der Waals surface area contributed by atoms with Crippen LogP contribution in [0.2, 0.25) is 0 Å². The van der Waals surface area contributed by atoms with Crippen molar-refractivity contribution in [1.82, 2.24) is 4.37 Å². The highest BCUT2D eigenvalue weighted by atomic mass is 32.1. The fourth-order valence-corrected chi connectivity index (χ4v) is 3.01. The van der Waals surface area contributed by atoms with E-state index < -0.39 is 0 Å². The number of para-hydroxylation sites is 1. The zero-order chi connectivity index (χ0) is 13.8. The van der Waals surface area contributed by atoms with Crippen LogP contribution in [0.15, 0.2) is 30.3 Å². The van der Waals surface area contributed by atoms with Crippen molar-refractivity contribution in [2.45, 2.75) is 25.2 Å². The number of aromatic nitrogens is 1. The van der Waals surface area contributed by atoms with Crippen LogP contribution >= 0.6 is 11.5 Å². The molecule has 1 aliphatic carbocycles. The summed E-state index contributed by atoms with van der Waals surface area (Å²) in [5.74, 6) is 2.27. The highest BCUT2D eigenvalue weighted by Gasteiger charge is 2.30. The summed E-state index contributed by atoms with van der Waals surface area (Å²) in [5, 5.41) is 4.58. The van der Waals surface area contributed by atoms with Crippen LogP contribution in [0.4, 0.5) is 10.8 Å². The Morgan fingerprint density at radius 1 is 1.30 bits per heavy atom. The van der Waals surface area contributed by atoms with Crippen LogP contribution in [0.5, 0.6) is 5.75 Å². The van der Waals surface area contributed by atoms with Crippen LogP contribution in [0.25, 0.3) is 0 Å². The zero-order valence-corrected chi connectivity index (χ0v) is 12.2. The Kier molecular flexibility index (Phi) is 4.06. The lowest BCUT2D eigenvalue weighted by molar-refractivity contribution is 0.315. The maximum absolute atomic E-state index is 5.92. The third kappa shape index (κ3) is 3.22. The van der Waals surface area contributed by atoms with Crippen molar-refractivity contribution < 1.29 is 4.74 Å². The van der Waals surface area contributed by atoms with Crippen molar-refractivity contribution in [3.05, 3.63) is 35.9 Å². The predicted octanol–water partition coefficient (Wildman–Crippen LogP) is 3.48. The maximum atomic E-state index is 5.92. The van der Waals surface area contributed by atoms with Crippen LogP contribution in [-0.4, -0.2) is 17.5 Å². The first-order chi connectivity index (χ1) is 9.84. The molecular formula is C15H19N3OS. The van der Waals surface area contributed by atoms with Gasteiger partial charge >= 0.3 is 0 Å². The Labute approximate surface area is 123 Å². The molecule has 1 aromatic carbocycles. The number of anilines is 2. The molecule has 106 valence electrons. The van der Waals surface area contributed by atoms with Crippen LogP contribution < -0.4 is 15.8 Å². The van der Waals surface area contributed by atoms with Gasteiger partial charge in [0.2, 0.25) is 0 Å². The van der Waals surface area contributed by atoms with E-state index in [1.807, 2.05) is 30.3 Å². The van der Waals surface area contributed by atoms with Gasteiger partial charge in [0.15, 0.2) is 0 Å². The zero-order valence-electron chi connectivity index (χ0n) is 11.3. The molecule has 5 heteroatoms. The van der Waals surface area contributed by atoms with Gasteiger partial charge in [0, 0.05) is 12.1 Å². The molecule has 0 saturated heterocycles. The molecule has 20 heavy (non-hydrogen) atoms. The molecule has 4 nitrogen and oxygen atoms in total. The average Bonchev–Trinajstić information content (AvgIpc) is 3.24. The average molecular weight is 289 g/mol. The third-order valence-corrected chi connectivity index (χ3v) is 4.19. The van der Waals surface area contributed by atoms with Crippen molar-refractivity contribution in [2.24, 2.45) is 0 Å². The fraction of sp³-hybridized carbons (Fsp3) is 0.400. The molecule has 0 radical (unpaired) electrons. The fourth-order valence-electron chi connectivity index (χ4n) is 2.18. The SMILES string of the molecule is Nc1nsc(NCCCOc2ccccc2)c1C1CC1. The van der Waals surface area contributed by atoms with Gasteiger partial charge < -0.3 is 15.8 Å². The molecule has 3 N–H and O–H groups in total. The third-order valence-electron chi connectivity index (χ3n) is 3.36. The van der Waals surface area contributed by atoms with Crippen molar-refractivity contribution in [1.29, 1.82) is 0 Å². The lowest BCUT2D eigenvalue weighted by Gasteiger charge is -2.08. The number of nitrogens with one attached hydrogen (secondary N) is 1. The van der Waals surface area contributed by atoms with Crippen LogP contribution in [0.3, 0.4) is 0 Å². The van der Waals surface area contributed by atoms with Gasteiger partial charge in [-0.15, -0.1) is 0 Å². The number of benzene rings is 1. The first-order valence-corrected chi connectivity index (χ1v) is 7.78. The van der Waals surface area contributed by atoms with Crippen molar-refractivity contribution in [3.8, 4) is 5.75 Å². The number of nitrogen functional groups attached to an aromatic ring is 1. The summed E-state index contributed by atoms with van der Waals surface area (Å²) in [5.41, 5.74) is 7.16. The summed E-state index contributed by atoms with van der Waals surface area (Å²) >= 11 is 1.47. The summed E-state index contributed by atoms with van der Waals surface area (Å²) in [6.45, 7) is 1.60. The molecule has 0 spiro atoms. The van der Waals surface area contributed by atoms with E-state index in [1.165, 1.54) is 29.9 Å². The molecule has 0 amide bonds. The van der Waals surface area contributed by atoms with Crippen LogP contribution in [0, 0.1) is 0 Å². The molecule has 1 heterocycles. The quantitative estimate of drug-likeness (QED) is 0.766. The number of nitrogens with zero attached hydrogens (tertiary/aromatic N) is 1. The molecule has 1 aromatic heterocycles. The molecular weight excluding hydrogens is 270 g/mol. The number of hydrogen-bond acceptors (Lipinski definition) is 5. The van der Waals surface area contributed by atoms with Gasteiger partial charge in [0.25, 0.3) is 0 Å². The lowest BCUT2D eigenvalue weighted by atomic mass is 10.2. The second-order valence-corrected chi connectivity index (χ2v) is 5.80. The summed E-state index contributed by atoms with van der Waals surface area (Å²) in [7, 11) is 0. The van der Waals surface area contributed by atoms with Gasteiger partial charge in [-0.05, 0) is 48.8 Å². The first kappa shape index (κ1) is 13.2. The van der Waals surface area contributed by atoms with E-state index in [4.69, 9.17) is 10.5 Å². The van der Waals surface area contributed by atoms with E-state index in [0.29, 0.717) is 18.3 Å². The molecule has 0 aliphatic heterocycles. The Hall–Kier alpha value is -1.75. The summed E-state index contributed by atoms with van der Waals surface area (Å²) in [4.78, 5) is 0. The van der Waals surface area contributed by atoms with E-state index in [9.17, 15) is 0 Å². The Bertz CT molecular complexity index is 552. The van der Waals surface area contributed by atoms with Crippen LogP contribution in [0.1, 0.15) is 30.7 Å². The van der Waals surface area contributed by atoms with Crippen molar-refractivity contribution in [2.75, 3.05) is 24.2 Å². The van der Waals surface area contributed by atoms with E-state index in [-0.39, 0.29) is 0 Å². The molecule has 1 fully saturated rings. The second-order valence-electron chi connectivity index (χ2n) is 5.03. The second kappa shape index (κ2) is 6.13. The van der Waals surface area contributed by atoms with E-state index >= 15 is 0 Å². The minimum absolute atomic E-state index is 0.636. The molecule has 1 saturated carbocycles. The topological polar surface area (TPSA) is 60.2 Å². The monoisotopic (exact) mass is 289 g/mol. The normalized spacial score (nSPS) is 14.2. The first-order valence-electron chi connectivity index (χ1n) is 7.01. The molecule has 1 aliphatic rings. The molecule has 2 aromatic rings. The number of rotatable bonds is 7. The predicted molar refractivity (Wildman–Crippen MR) is 83.5 cm³/mol. The maximum Gasteiger partial charge on any atom is 0.142 e. The van der Waals surface area contributed by atoms with E-state index in [0.717, 1.165) is 23.7 Å². The Balaban J connectivity index is 1.42. The number of ether oxygens (including phenoxy) is 1. The van der Waals surface area contributed by atoms with Gasteiger partial charge in [-0.1, -0.05) is 18.2 Å². The van der Waals surface area contributed by atoms with Gasteiger partial charge in [-0.3, -0.25) is 0 Å². The largest absolute Gasteiger partial charge is 0.494 e. The van der Waals surface area contributed by atoms with Gasteiger partial charge in [-0.2, -0.15) is 4.37 Å². The molecule has 3 rings (SSSR count). The number of hydrogen-bond donors (Lipinski definition) is 2. The lowest BCUT2D eigenvalue weighted by Crippen LogP contribution is -2.07. The smallest absolute Gasteiger partial charge is 0.142 e. The standard InChI is InChI=1S/C15H19N3OS/c16-14-13(11-7-8-11)15(20-18-14)17-9-4-10-19-12-5-2-1-3-6-12/h1-3,5-6,11,17H,4,7-10H2,(H2,16,18). The minimum Gasteiger partial charge on any atom is -0.494 e. The Morgan fingerprint density at radius 3 is 2.85 bits per heavy atom. The molecule has 0 unspecified atom stereocenters. The summed E-state index contributed by atoms with van der Waals surface area (Å²) in [6.07, 6.45) is 3.44. The number of nitrogens with two attached hydrogens (primary N) is 1. The summed E-state index contributed by atoms with van der Waals surface area (Å²) in [6, 6.07) is 9.90. The van der Waals surface area contributed by atoms with Crippen molar-refractivity contribution >= 4 is 22.4 Å². The molecule has 0 bridgehead atoms. The minimum atomic E-state index is 0.636. The highest BCUT2D eigenvalue weighted by Crippen LogP contribution is 2.47. The van der Waals surface area contributed by atoms with E-state index in [1.54, 1.807) is 0 Å². The highest BCUT2D eigenvalue weighted by molar-refractivity contribution is 7.10. The Morgan fingerprint density at radius 2 is 2.10 bits per heavy atom. The van der Waals surface area contributed by atoms with Crippen molar-refractivity contribution in [3.63, 3.8) is 0 Å². The molecule has 0 atom stereocenters.